The molecule has 67 heavy (non-hydrogen) atoms. The van der Waals surface area contributed by atoms with Gasteiger partial charge in [0, 0.05) is 71.5 Å². The third-order valence-corrected chi connectivity index (χ3v) is 13.1. The van der Waals surface area contributed by atoms with Crippen LogP contribution >= 0.6 is 11.6 Å². The van der Waals surface area contributed by atoms with Crippen molar-refractivity contribution in [2.24, 2.45) is 9.98 Å². The zero-order chi connectivity index (χ0) is 46.6. The predicted octanol–water partition coefficient (Wildman–Crippen LogP) is 5.27. The number of hydrogen-bond acceptors (Lipinski definition) is 17. The number of aliphatic hydroxyl groups is 1. The molecule has 22 heteroatoms. The van der Waals surface area contributed by atoms with E-state index >= 15 is 0 Å². The quantitative estimate of drug-likeness (QED) is 0.152. The first-order valence-corrected chi connectivity index (χ1v) is 22.6. The average molecular weight is 938 g/mol. The van der Waals surface area contributed by atoms with Crippen LogP contribution in [0.25, 0.3) is 33.2 Å². The van der Waals surface area contributed by atoms with E-state index in [1.807, 2.05) is 99.1 Å². The first-order valence-electron chi connectivity index (χ1n) is 22.2. The van der Waals surface area contributed by atoms with Gasteiger partial charge in [-0.05, 0) is 45.9 Å². The Labute approximate surface area is 390 Å². The SMILES string of the molecule is CN(C)C=Nc1ncnc2c1ncn2[C@@H]1OC2(CC(O)C2)[C@H]2OC(C)(C)O[C@@H]12.CN(C)C=Nc1ncnc2c1ncn2[C@@H]1OC2(CC(Oc3ccc4cc(Cl)cnc4c3)C2)[C@H]2OC(C)(C)O[C@@H]12. The molecule has 5 aromatic heterocycles. The number of pyridine rings is 1. The fourth-order valence-electron chi connectivity index (χ4n) is 10.1. The molecule has 12 rings (SSSR count). The van der Waals surface area contributed by atoms with Crippen molar-refractivity contribution in [3.05, 3.63) is 60.8 Å². The summed E-state index contributed by atoms with van der Waals surface area (Å²) in [5.74, 6) is 0.288. The highest BCUT2D eigenvalue weighted by molar-refractivity contribution is 6.31. The summed E-state index contributed by atoms with van der Waals surface area (Å²) in [6.45, 7) is 7.65. The molecule has 6 aliphatic rings. The van der Waals surface area contributed by atoms with Gasteiger partial charge in [0.1, 0.15) is 60.1 Å². The monoisotopic (exact) mass is 937 g/mol. The van der Waals surface area contributed by atoms with Crippen molar-refractivity contribution in [1.29, 1.82) is 0 Å². The van der Waals surface area contributed by atoms with Crippen LogP contribution in [0.4, 0.5) is 11.6 Å². The highest BCUT2D eigenvalue weighted by Gasteiger charge is 2.69. The maximum atomic E-state index is 9.92. The maximum Gasteiger partial charge on any atom is 0.184 e. The molecule has 2 aliphatic carbocycles. The van der Waals surface area contributed by atoms with Crippen LogP contribution in [0.2, 0.25) is 5.02 Å². The number of imidazole rings is 2. The highest BCUT2D eigenvalue weighted by atomic mass is 35.5. The number of fused-ring (bicyclic) bond motifs is 7. The Morgan fingerprint density at radius 2 is 1.21 bits per heavy atom. The molecule has 0 amide bonds. The van der Waals surface area contributed by atoms with E-state index < -0.39 is 35.2 Å². The normalized spacial score (nSPS) is 32.3. The van der Waals surface area contributed by atoms with E-state index in [-0.39, 0.29) is 36.6 Å². The summed E-state index contributed by atoms with van der Waals surface area (Å²) in [6, 6.07) is 7.73. The number of benzene rings is 1. The Hall–Kier alpha value is -5.52. The van der Waals surface area contributed by atoms with Gasteiger partial charge in [0.2, 0.25) is 0 Å². The van der Waals surface area contributed by atoms with Gasteiger partial charge in [-0.1, -0.05) is 11.6 Å². The number of aliphatic hydroxyl groups excluding tert-OH is 1. The number of rotatable bonds is 8. The molecule has 1 N–H and O–H groups in total. The van der Waals surface area contributed by atoms with Gasteiger partial charge in [-0.25, -0.2) is 39.9 Å². The summed E-state index contributed by atoms with van der Waals surface area (Å²) in [7, 11) is 7.57. The number of hydrogen-bond donors (Lipinski definition) is 1. The van der Waals surface area contributed by atoms with Crippen molar-refractivity contribution < 1.29 is 38.3 Å². The van der Waals surface area contributed by atoms with Gasteiger partial charge in [0.05, 0.1) is 42.0 Å². The molecule has 352 valence electrons. The van der Waals surface area contributed by atoms with E-state index in [0.29, 0.717) is 64.7 Å². The lowest BCUT2D eigenvalue weighted by atomic mass is 9.73. The van der Waals surface area contributed by atoms with E-state index in [2.05, 4.69) is 44.9 Å². The van der Waals surface area contributed by atoms with Crippen LogP contribution in [-0.4, -0.2) is 159 Å². The second kappa shape index (κ2) is 16.0. The lowest BCUT2D eigenvalue weighted by molar-refractivity contribution is -0.251. The van der Waals surface area contributed by atoms with E-state index in [1.54, 1.807) is 31.5 Å². The molecule has 4 aliphatic heterocycles. The zero-order valence-corrected chi connectivity index (χ0v) is 39.1. The third kappa shape index (κ3) is 7.83. The largest absolute Gasteiger partial charge is 0.490 e. The lowest BCUT2D eigenvalue weighted by Crippen LogP contribution is -2.57. The first kappa shape index (κ1) is 44.0. The average Bonchev–Trinajstić information content (AvgIpc) is 4.10. The van der Waals surface area contributed by atoms with E-state index in [4.69, 9.17) is 44.8 Å². The van der Waals surface area contributed by atoms with Crippen LogP contribution in [0.5, 0.6) is 5.75 Å². The second-order valence-corrected chi connectivity index (χ2v) is 19.8. The number of halogens is 1. The van der Waals surface area contributed by atoms with Crippen LogP contribution in [0.15, 0.2) is 65.8 Å². The van der Waals surface area contributed by atoms with Crippen LogP contribution in [0.1, 0.15) is 65.8 Å². The Balaban J connectivity index is 0.000000156. The summed E-state index contributed by atoms with van der Waals surface area (Å²) < 4.78 is 48.3. The molecule has 21 nitrogen and oxygen atoms in total. The molecule has 6 aromatic rings. The van der Waals surface area contributed by atoms with Crippen molar-refractivity contribution in [3.8, 4) is 5.75 Å². The van der Waals surface area contributed by atoms with Gasteiger partial charge in [-0.2, -0.15) is 0 Å². The van der Waals surface area contributed by atoms with Gasteiger partial charge in [0.15, 0.2) is 58.0 Å². The number of ether oxygens (including phenoxy) is 7. The minimum atomic E-state index is -0.742. The molecule has 1 aromatic carbocycles. The molecule has 9 heterocycles. The van der Waals surface area contributed by atoms with E-state index in [1.165, 1.54) is 12.7 Å². The molecule has 0 bridgehead atoms. The molecular weight excluding hydrogens is 886 g/mol. The number of aliphatic imine (C=N–C) groups is 2. The summed E-state index contributed by atoms with van der Waals surface area (Å²) in [4.78, 5) is 43.4. The fourth-order valence-corrected chi connectivity index (χ4v) is 10.3. The van der Waals surface area contributed by atoms with Crippen molar-refractivity contribution in [1.82, 2.24) is 53.8 Å². The van der Waals surface area contributed by atoms with Crippen molar-refractivity contribution >= 4 is 69.1 Å². The van der Waals surface area contributed by atoms with Gasteiger partial charge < -0.3 is 48.1 Å². The Morgan fingerprint density at radius 3 is 1.72 bits per heavy atom. The molecule has 2 saturated carbocycles. The minimum absolute atomic E-state index is 0.0321. The first-order chi connectivity index (χ1) is 32.0. The highest BCUT2D eigenvalue weighted by Crippen LogP contribution is 2.58. The Kier molecular flexibility index (Phi) is 10.5. The summed E-state index contributed by atoms with van der Waals surface area (Å²) in [6.07, 6.45) is 11.2. The van der Waals surface area contributed by atoms with Crippen molar-refractivity contribution in [3.63, 3.8) is 0 Å². The molecular formula is C45H52ClN13O8. The molecule has 0 unspecified atom stereocenters. The molecule has 4 saturated heterocycles. The predicted molar refractivity (Wildman–Crippen MR) is 243 cm³/mol. The molecule has 6 atom stereocenters. The maximum absolute atomic E-state index is 9.92. The smallest absolute Gasteiger partial charge is 0.184 e. The number of nitrogens with zero attached hydrogens (tertiary/aromatic N) is 13. The lowest BCUT2D eigenvalue weighted by Gasteiger charge is -2.46. The van der Waals surface area contributed by atoms with Crippen molar-refractivity contribution in [2.75, 3.05) is 28.2 Å². The summed E-state index contributed by atoms with van der Waals surface area (Å²) >= 11 is 6.07. The minimum Gasteiger partial charge on any atom is -0.490 e. The van der Waals surface area contributed by atoms with Crippen LogP contribution in [0, 0.1) is 0 Å². The second-order valence-electron chi connectivity index (χ2n) is 19.4. The van der Waals surface area contributed by atoms with Crippen LogP contribution in [-0.2, 0) is 28.4 Å². The topological polar surface area (TPSA) is 216 Å². The third-order valence-electron chi connectivity index (χ3n) is 12.9. The molecule has 6 fully saturated rings. The van der Waals surface area contributed by atoms with E-state index in [0.717, 1.165) is 16.7 Å². The van der Waals surface area contributed by atoms with E-state index in [9.17, 15) is 5.11 Å². The zero-order valence-electron chi connectivity index (χ0n) is 38.3. The summed E-state index contributed by atoms with van der Waals surface area (Å²) in [5.41, 5.74) is 2.17. The number of aromatic nitrogens is 9. The van der Waals surface area contributed by atoms with Gasteiger partial charge in [0.25, 0.3) is 0 Å². The molecule has 2 spiro atoms. The fraction of sp³-hybridized carbons (Fsp3) is 0.533. The Morgan fingerprint density at radius 1 is 0.687 bits per heavy atom. The van der Waals surface area contributed by atoms with Gasteiger partial charge in [-0.15, -0.1) is 0 Å². The van der Waals surface area contributed by atoms with Crippen molar-refractivity contribution in [2.45, 2.75) is 125 Å². The van der Waals surface area contributed by atoms with Crippen LogP contribution in [0.3, 0.4) is 0 Å². The summed E-state index contributed by atoms with van der Waals surface area (Å²) in [5, 5.41) is 11.5. The standard InChI is InChI=1S/C27H28ClN7O4.C18H24N6O4/c1-26(2)37-21-22(38-26)27(9-18(10-27)36-17-6-5-15-7-16(28)11-29-19(15)8-17)39-25(21)35-14-32-20-23(33-13-34(3)4)30-12-31-24(20)35;1-17(2)26-12-13(27-17)18(5-10(25)6-18)28-16(12)24-9-21-11-14(22-8-23(3)4)19-7-20-15(11)24/h5-8,11-14,18,21-22,25H,9-10H2,1-4H3;7-10,12-13,16,25H,5-6H2,1-4H3/t18?,21-,22+,25-,27?;10?,12-,13+,16-,18?/m11/s1. The van der Waals surface area contributed by atoms with Gasteiger partial charge >= 0.3 is 0 Å². The van der Waals surface area contributed by atoms with Crippen LogP contribution < -0.4 is 4.74 Å². The Bertz CT molecular complexity index is 2910. The van der Waals surface area contributed by atoms with Gasteiger partial charge in [-0.3, -0.25) is 14.1 Å². The molecule has 0 radical (unpaired) electrons.